The standard InChI is InChI=1S/C15H20N2O4/c1-9(10-4-5-10)17(2)15(20)16-13-8-11(21-3)6-7-12(13)14(18)19/h6-10H,4-5H2,1-3H3,(H,16,20)(H,18,19). The summed E-state index contributed by atoms with van der Waals surface area (Å²) < 4.78 is 5.07. The van der Waals surface area contributed by atoms with Gasteiger partial charge in [-0.25, -0.2) is 9.59 Å². The molecular formula is C15H20N2O4. The molecule has 1 saturated carbocycles. The van der Waals surface area contributed by atoms with Crippen LogP contribution in [0.3, 0.4) is 0 Å². The van der Waals surface area contributed by atoms with Crippen molar-refractivity contribution >= 4 is 17.7 Å². The Morgan fingerprint density at radius 2 is 2.10 bits per heavy atom. The molecule has 21 heavy (non-hydrogen) atoms. The minimum Gasteiger partial charge on any atom is -0.497 e. The highest BCUT2D eigenvalue weighted by atomic mass is 16.5. The van der Waals surface area contributed by atoms with Crippen molar-refractivity contribution in [1.82, 2.24) is 4.90 Å². The maximum absolute atomic E-state index is 12.2. The second kappa shape index (κ2) is 6.03. The number of carbonyl (C=O) groups excluding carboxylic acids is 1. The molecule has 6 nitrogen and oxygen atoms in total. The number of amides is 2. The van der Waals surface area contributed by atoms with E-state index in [0.29, 0.717) is 11.7 Å². The van der Waals surface area contributed by atoms with E-state index in [1.807, 2.05) is 6.92 Å². The third kappa shape index (κ3) is 3.45. The zero-order chi connectivity index (χ0) is 15.6. The van der Waals surface area contributed by atoms with Gasteiger partial charge in [-0.05, 0) is 37.8 Å². The molecule has 2 N–H and O–H groups in total. The minimum absolute atomic E-state index is 0.0385. The van der Waals surface area contributed by atoms with E-state index in [1.54, 1.807) is 18.0 Å². The average molecular weight is 292 g/mol. The maximum atomic E-state index is 12.2. The summed E-state index contributed by atoms with van der Waals surface area (Å²) in [6.45, 7) is 2.00. The summed E-state index contributed by atoms with van der Waals surface area (Å²) in [7, 11) is 3.21. The molecule has 2 amide bonds. The predicted molar refractivity (Wildman–Crippen MR) is 78.9 cm³/mol. The monoisotopic (exact) mass is 292 g/mol. The highest BCUT2D eigenvalue weighted by Crippen LogP contribution is 2.35. The minimum atomic E-state index is -1.09. The Hall–Kier alpha value is -2.24. The molecule has 6 heteroatoms. The first-order valence-electron chi connectivity index (χ1n) is 6.89. The lowest BCUT2D eigenvalue weighted by Crippen LogP contribution is -2.39. The number of aromatic carboxylic acids is 1. The quantitative estimate of drug-likeness (QED) is 0.874. The van der Waals surface area contributed by atoms with Crippen molar-refractivity contribution < 1.29 is 19.4 Å². The number of anilines is 1. The fourth-order valence-corrected chi connectivity index (χ4v) is 2.22. The molecule has 0 heterocycles. The van der Waals surface area contributed by atoms with Crippen LogP contribution >= 0.6 is 0 Å². The largest absolute Gasteiger partial charge is 0.497 e. The Morgan fingerprint density at radius 3 is 2.62 bits per heavy atom. The Labute approximate surface area is 123 Å². The van der Waals surface area contributed by atoms with Gasteiger partial charge in [0, 0.05) is 19.2 Å². The summed E-state index contributed by atoms with van der Waals surface area (Å²) in [5.74, 6) is -0.0518. The van der Waals surface area contributed by atoms with Crippen molar-refractivity contribution in [3.05, 3.63) is 23.8 Å². The topological polar surface area (TPSA) is 78.9 Å². The number of carboxylic acid groups (broad SMARTS) is 1. The van der Waals surface area contributed by atoms with Crippen LogP contribution in [0.2, 0.25) is 0 Å². The van der Waals surface area contributed by atoms with Crippen LogP contribution in [0.4, 0.5) is 10.5 Å². The molecule has 1 fully saturated rings. The highest BCUT2D eigenvalue weighted by Gasteiger charge is 2.32. The lowest BCUT2D eigenvalue weighted by atomic mass is 10.1. The molecule has 1 aliphatic rings. The fourth-order valence-electron chi connectivity index (χ4n) is 2.22. The number of methoxy groups -OCH3 is 1. The SMILES string of the molecule is COc1ccc(C(=O)O)c(NC(=O)N(C)C(C)C2CC2)c1. The van der Waals surface area contributed by atoms with Gasteiger partial charge >= 0.3 is 12.0 Å². The second-order valence-corrected chi connectivity index (χ2v) is 5.34. The van der Waals surface area contributed by atoms with Crippen molar-refractivity contribution in [3.63, 3.8) is 0 Å². The van der Waals surface area contributed by atoms with E-state index >= 15 is 0 Å². The Bertz CT molecular complexity index is 555. The third-order valence-corrected chi connectivity index (χ3v) is 3.93. The third-order valence-electron chi connectivity index (χ3n) is 3.93. The number of nitrogens with zero attached hydrogens (tertiary/aromatic N) is 1. The average Bonchev–Trinajstić information content (AvgIpc) is 3.29. The van der Waals surface area contributed by atoms with E-state index < -0.39 is 5.97 Å². The van der Waals surface area contributed by atoms with Gasteiger partial charge in [0.15, 0.2) is 0 Å². The highest BCUT2D eigenvalue weighted by molar-refractivity contribution is 6.00. The number of urea groups is 1. The van der Waals surface area contributed by atoms with Crippen LogP contribution < -0.4 is 10.1 Å². The van der Waals surface area contributed by atoms with Crippen molar-refractivity contribution in [3.8, 4) is 5.75 Å². The van der Waals surface area contributed by atoms with E-state index in [-0.39, 0.29) is 23.3 Å². The summed E-state index contributed by atoms with van der Waals surface area (Å²) >= 11 is 0. The van der Waals surface area contributed by atoms with Gasteiger partial charge in [0.25, 0.3) is 0 Å². The van der Waals surface area contributed by atoms with Gasteiger partial charge in [0.1, 0.15) is 5.75 Å². The molecule has 0 saturated heterocycles. The number of nitrogens with one attached hydrogen (secondary N) is 1. The van der Waals surface area contributed by atoms with E-state index in [0.717, 1.165) is 12.8 Å². The lowest BCUT2D eigenvalue weighted by Gasteiger charge is -2.25. The molecule has 1 aromatic carbocycles. The first-order valence-corrected chi connectivity index (χ1v) is 6.89. The summed E-state index contributed by atoms with van der Waals surface area (Å²) in [5.41, 5.74) is 0.276. The molecule has 1 atom stereocenters. The zero-order valence-electron chi connectivity index (χ0n) is 12.4. The Balaban J connectivity index is 2.16. The number of rotatable bonds is 5. The lowest BCUT2D eigenvalue weighted by molar-refractivity contribution is 0.0698. The van der Waals surface area contributed by atoms with E-state index in [2.05, 4.69) is 5.32 Å². The maximum Gasteiger partial charge on any atom is 0.337 e. The van der Waals surface area contributed by atoms with Gasteiger partial charge in [-0.3, -0.25) is 0 Å². The number of ether oxygens (including phenoxy) is 1. The molecule has 1 aromatic rings. The van der Waals surface area contributed by atoms with E-state index in [1.165, 1.54) is 19.2 Å². The number of carboxylic acids is 1. The van der Waals surface area contributed by atoms with Gasteiger partial charge in [-0.15, -0.1) is 0 Å². The number of carbonyl (C=O) groups is 2. The molecular weight excluding hydrogens is 272 g/mol. The van der Waals surface area contributed by atoms with Gasteiger partial charge in [-0.1, -0.05) is 0 Å². The van der Waals surface area contributed by atoms with Gasteiger partial charge in [0.2, 0.25) is 0 Å². The molecule has 114 valence electrons. The van der Waals surface area contributed by atoms with Crippen molar-refractivity contribution in [1.29, 1.82) is 0 Å². The molecule has 0 spiro atoms. The summed E-state index contributed by atoms with van der Waals surface area (Å²) in [6, 6.07) is 4.31. The summed E-state index contributed by atoms with van der Waals surface area (Å²) in [5, 5.41) is 11.8. The van der Waals surface area contributed by atoms with Crippen molar-refractivity contribution in [2.75, 3.05) is 19.5 Å². The zero-order valence-corrected chi connectivity index (χ0v) is 12.4. The van der Waals surface area contributed by atoms with Crippen LogP contribution in [-0.4, -0.2) is 42.2 Å². The molecule has 0 bridgehead atoms. The molecule has 1 aliphatic carbocycles. The van der Waals surface area contributed by atoms with E-state index in [4.69, 9.17) is 4.74 Å². The van der Waals surface area contributed by atoms with Gasteiger partial charge in [-0.2, -0.15) is 0 Å². The molecule has 2 rings (SSSR count). The van der Waals surface area contributed by atoms with Crippen LogP contribution in [0.25, 0.3) is 0 Å². The number of hydrogen-bond donors (Lipinski definition) is 2. The molecule has 1 unspecified atom stereocenters. The summed E-state index contributed by atoms with van der Waals surface area (Å²) in [4.78, 5) is 25.1. The predicted octanol–water partition coefficient (Wildman–Crippen LogP) is 2.66. The molecule has 0 radical (unpaired) electrons. The van der Waals surface area contributed by atoms with Crippen molar-refractivity contribution in [2.24, 2.45) is 5.92 Å². The van der Waals surface area contributed by atoms with E-state index in [9.17, 15) is 14.7 Å². The summed E-state index contributed by atoms with van der Waals surface area (Å²) in [6.07, 6.45) is 2.27. The number of hydrogen-bond acceptors (Lipinski definition) is 3. The Kier molecular flexibility index (Phi) is 4.35. The van der Waals surface area contributed by atoms with Crippen LogP contribution in [0.15, 0.2) is 18.2 Å². The van der Waals surface area contributed by atoms with Crippen LogP contribution in [0.1, 0.15) is 30.1 Å². The van der Waals surface area contributed by atoms with Crippen LogP contribution in [-0.2, 0) is 0 Å². The van der Waals surface area contributed by atoms with Crippen LogP contribution in [0, 0.1) is 5.92 Å². The fraction of sp³-hybridized carbons (Fsp3) is 0.467. The Morgan fingerprint density at radius 1 is 1.43 bits per heavy atom. The van der Waals surface area contributed by atoms with Gasteiger partial charge < -0.3 is 20.1 Å². The first kappa shape index (κ1) is 15.2. The second-order valence-electron chi connectivity index (χ2n) is 5.34. The molecule has 0 aliphatic heterocycles. The van der Waals surface area contributed by atoms with Crippen molar-refractivity contribution in [2.45, 2.75) is 25.8 Å². The smallest absolute Gasteiger partial charge is 0.337 e. The van der Waals surface area contributed by atoms with Crippen LogP contribution in [0.5, 0.6) is 5.75 Å². The first-order chi connectivity index (χ1) is 9.93. The number of benzene rings is 1. The molecule has 0 aromatic heterocycles. The normalized spacial score (nSPS) is 15.2. The van der Waals surface area contributed by atoms with Gasteiger partial charge in [0.05, 0.1) is 18.4 Å².